The Morgan fingerprint density at radius 1 is 1.00 bits per heavy atom. The number of allylic oxidation sites excluding steroid dienone is 3. The lowest BCUT2D eigenvalue weighted by Gasteiger charge is -2.46. The molecule has 0 amide bonds. The lowest BCUT2D eigenvalue weighted by molar-refractivity contribution is -0.118. The minimum atomic E-state index is -0.0394. The summed E-state index contributed by atoms with van der Waals surface area (Å²) in [5.41, 5.74) is 8.28. The van der Waals surface area contributed by atoms with E-state index < -0.39 is 0 Å². The summed E-state index contributed by atoms with van der Waals surface area (Å²) < 4.78 is 11.2. The molecule has 1 unspecified atom stereocenters. The van der Waals surface area contributed by atoms with E-state index in [-0.39, 0.29) is 17.1 Å². The summed E-state index contributed by atoms with van der Waals surface area (Å²) in [4.78, 5) is 16.0. The largest absolute Gasteiger partial charge is 0.493 e. The number of Topliss-reactive ketones (excluding diaryl/α,β-unsaturated/α-hetero) is 1. The number of fused-ring (bicyclic) bond motifs is 4. The van der Waals surface area contributed by atoms with Crippen molar-refractivity contribution in [2.45, 2.75) is 58.8 Å². The highest BCUT2D eigenvalue weighted by molar-refractivity contribution is 6.01. The quantitative estimate of drug-likeness (QED) is 0.528. The molecule has 2 aliphatic heterocycles. The van der Waals surface area contributed by atoms with Crippen LogP contribution in [-0.4, -0.2) is 31.4 Å². The van der Waals surface area contributed by atoms with Gasteiger partial charge in [-0.3, -0.25) is 4.79 Å². The number of ketones is 1. The van der Waals surface area contributed by atoms with Gasteiger partial charge in [0.25, 0.3) is 0 Å². The molecule has 0 saturated carbocycles. The predicted molar refractivity (Wildman–Crippen MR) is 136 cm³/mol. The van der Waals surface area contributed by atoms with E-state index in [1.807, 2.05) is 0 Å². The number of carbonyl (C=O) groups is 1. The van der Waals surface area contributed by atoms with Gasteiger partial charge in [-0.05, 0) is 59.1 Å². The second-order valence-electron chi connectivity index (χ2n) is 10.9. The van der Waals surface area contributed by atoms with Crippen molar-refractivity contribution in [3.63, 3.8) is 0 Å². The second kappa shape index (κ2) is 8.33. The molecule has 0 radical (unpaired) electrons. The summed E-state index contributed by atoms with van der Waals surface area (Å²) in [5.74, 6) is 2.24. The Bertz CT molecular complexity index is 1200. The van der Waals surface area contributed by atoms with Crippen LogP contribution >= 0.6 is 0 Å². The zero-order valence-corrected chi connectivity index (χ0v) is 21.2. The van der Waals surface area contributed by atoms with Crippen LogP contribution in [0.2, 0.25) is 0 Å². The molecule has 0 saturated heterocycles. The van der Waals surface area contributed by atoms with Crippen LogP contribution in [0.5, 0.6) is 11.5 Å². The molecule has 178 valence electrons. The zero-order chi connectivity index (χ0) is 24.2. The van der Waals surface area contributed by atoms with Crippen molar-refractivity contribution in [1.29, 1.82) is 0 Å². The molecule has 0 bridgehead atoms. The first-order valence-electron chi connectivity index (χ1n) is 12.3. The minimum absolute atomic E-state index is 0.0369. The van der Waals surface area contributed by atoms with Gasteiger partial charge in [0.05, 0.1) is 14.2 Å². The number of hydrogen-bond donors (Lipinski definition) is 0. The maximum absolute atomic E-state index is 13.6. The molecule has 4 nitrogen and oxygen atoms in total. The number of methoxy groups -OCH3 is 2. The second-order valence-corrected chi connectivity index (χ2v) is 10.9. The van der Waals surface area contributed by atoms with Crippen LogP contribution in [0.3, 0.4) is 0 Å². The van der Waals surface area contributed by atoms with Crippen LogP contribution in [0.1, 0.15) is 74.6 Å². The van der Waals surface area contributed by atoms with Gasteiger partial charge in [0.15, 0.2) is 17.3 Å². The number of hydrogen-bond acceptors (Lipinski definition) is 4. The average Bonchev–Trinajstić information content (AvgIpc) is 2.81. The van der Waals surface area contributed by atoms with Gasteiger partial charge in [0, 0.05) is 41.4 Å². The van der Waals surface area contributed by atoms with Crippen molar-refractivity contribution in [3.8, 4) is 11.5 Å². The Hall–Kier alpha value is -3.01. The van der Waals surface area contributed by atoms with E-state index in [0.29, 0.717) is 12.3 Å². The topological polar surface area (TPSA) is 38.8 Å². The van der Waals surface area contributed by atoms with Crippen molar-refractivity contribution < 1.29 is 14.3 Å². The summed E-state index contributed by atoms with van der Waals surface area (Å²) in [6, 6.07) is 13.1. The summed E-state index contributed by atoms with van der Waals surface area (Å²) >= 11 is 0. The standard InChI is InChI=1S/C30H35NO3/c1-18(2)19-7-9-20(10-8-19)23-14-24-22-15-28(34-6)27(33-5)13-21(22)11-12-31(24)25-16-30(3,4)17-26(32)29(23)25/h7-10,13-15,18,23H,11-12,16-17H2,1-6H3. The molecule has 2 aromatic carbocycles. The normalized spacial score (nSPS) is 21.0. The number of nitrogens with zero attached hydrogens (tertiary/aromatic N) is 1. The fourth-order valence-corrected chi connectivity index (χ4v) is 5.81. The molecule has 0 spiro atoms. The van der Waals surface area contributed by atoms with Crippen LogP contribution in [0.25, 0.3) is 5.70 Å². The van der Waals surface area contributed by atoms with Gasteiger partial charge in [-0.2, -0.15) is 0 Å². The van der Waals surface area contributed by atoms with Gasteiger partial charge in [0.1, 0.15) is 0 Å². The summed E-state index contributed by atoms with van der Waals surface area (Å²) in [5, 5.41) is 0. The summed E-state index contributed by atoms with van der Waals surface area (Å²) in [6.45, 7) is 9.72. The van der Waals surface area contributed by atoms with Crippen molar-refractivity contribution in [1.82, 2.24) is 4.90 Å². The van der Waals surface area contributed by atoms with Crippen LogP contribution in [0.4, 0.5) is 0 Å². The molecule has 4 heteroatoms. The van der Waals surface area contributed by atoms with E-state index in [4.69, 9.17) is 9.47 Å². The molecular formula is C30H35NO3. The Morgan fingerprint density at radius 3 is 2.32 bits per heavy atom. The maximum atomic E-state index is 13.6. The first kappa shape index (κ1) is 22.8. The molecular weight excluding hydrogens is 422 g/mol. The van der Waals surface area contributed by atoms with Crippen molar-refractivity contribution >= 4 is 11.5 Å². The van der Waals surface area contributed by atoms with E-state index in [1.165, 1.54) is 33.6 Å². The van der Waals surface area contributed by atoms with E-state index in [1.54, 1.807) is 14.2 Å². The molecule has 1 atom stereocenters. The van der Waals surface area contributed by atoms with Gasteiger partial charge in [-0.15, -0.1) is 0 Å². The van der Waals surface area contributed by atoms with Crippen LogP contribution < -0.4 is 9.47 Å². The lowest BCUT2D eigenvalue weighted by atomic mass is 9.69. The van der Waals surface area contributed by atoms with E-state index in [2.05, 4.69) is 75.1 Å². The molecule has 0 aromatic heterocycles. The Labute approximate surface area is 203 Å². The monoisotopic (exact) mass is 457 g/mol. The minimum Gasteiger partial charge on any atom is -0.493 e. The molecule has 2 heterocycles. The molecule has 3 aliphatic rings. The number of benzene rings is 2. The fraction of sp³-hybridized carbons (Fsp3) is 0.433. The molecule has 5 rings (SSSR count). The predicted octanol–water partition coefficient (Wildman–Crippen LogP) is 6.47. The average molecular weight is 458 g/mol. The van der Waals surface area contributed by atoms with E-state index in [0.717, 1.165) is 36.5 Å². The van der Waals surface area contributed by atoms with E-state index >= 15 is 0 Å². The smallest absolute Gasteiger partial charge is 0.162 e. The van der Waals surface area contributed by atoms with Crippen molar-refractivity contribution in [2.24, 2.45) is 5.41 Å². The Balaban J connectivity index is 1.69. The first-order chi connectivity index (χ1) is 16.2. The third-order valence-corrected chi connectivity index (χ3v) is 7.60. The molecule has 0 N–H and O–H groups in total. The molecule has 34 heavy (non-hydrogen) atoms. The number of carbonyl (C=O) groups excluding carboxylic acids is 1. The molecule has 0 fully saturated rings. The van der Waals surface area contributed by atoms with Crippen molar-refractivity contribution in [2.75, 3.05) is 20.8 Å². The third-order valence-electron chi connectivity index (χ3n) is 7.60. The third kappa shape index (κ3) is 3.73. The summed E-state index contributed by atoms with van der Waals surface area (Å²) in [6.07, 6.45) is 4.73. The van der Waals surface area contributed by atoms with Crippen LogP contribution in [0, 0.1) is 5.41 Å². The lowest BCUT2D eigenvalue weighted by Crippen LogP contribution is -2.40. The van der Waals surface area contributed by atoms with Crippen LogP contribution in [0.15, 0.2) is 53.7 Å². The van der Waals surface area contributed by atoms with E-state index in [9.17, 15) is 4.79 Å². The Kier molecular flexibility index (Phi) is 5.58. The maximum Gasteiger partial charge on any atom is 0.162 e. The Morgan fingerprint density at radius 2 is 1.68 bits per heavy atom. The molecule has 1 aliphatic carbocycles. The number of ether oxygens (including phenoxy) is 2. The fourth-order valence-electron chi connectivity index (χ4n) is 5.81. The van der Waals surface area contributed by atoms with Crippen LogP contribution in [-0.2, 0) is 11.2 Å². The van der Waals surface area contributed by atoms with Gasteiger partial charge in [-0.1, -0.05) is 52.0 Å². The highest BCUT2D eigenvalue weighted by Crippen LogP contribution is 2.51. The van der Waals surface area contributed by atoms with Crippen molar-refractivity contribution in [3.05, 3.63) is 76.0 Å². The SMILES string of the molecule is COc1cc2c(cc1OC)C1=CC(c3ccc(C(C)C)cc3)C3=C(CC(C)(C)CC3=O)N1CC2. The highest BCUT2D eigenvalue weighted by atomic mass is 16.5. The van der Waals surface area contributed by atoms with Gasteiger partial charge >= 0.3 is 0 Å². The van der Waals surface area contributed by atoms with Gasteiger partial charge in [-0.25, -0.2) is 0 Å². The van der Waals surface area contributed by atoms with Gasteiger partial charge < -0.3 is 14.4 Å². The highest BCUT2D eigenvalue weighted by Gasteiger charge is 2.42. The molecule has 2 aromatic rings. The zero-order valence-electron chi connectivity index (χ0n) is 21.2. The summed E-state index contributed by atoms with van der Waals surface area (Å²) in [7, 11) is 3.37. The number of rotatable bonds is 4. The first-order valence-corrected chi connectivity index (χ1v) is 12.3. The van der Waals surface area contributed by atoms with Gasteiger partial charge in [0.2, 0.25) is 0 Å².